The Morgan fingerprint density at radius 1 is 1.40 bits per heavy atom. The van der Waals surface area contributed by atoms with Gasteiger partial charge in [-0.2, -0.15) is 0 Å². The Hall–Kier alpha value is -2.27. The van der Waals surface area contributed by atoms with E-state index in [0.29, 0.717) is 24.6 Å². The van der Waals surface area contributed by atoms with Gasteiger partial charge in [0.2, 0.25) is 0 Å². The Bertz CT molecular complexity index is 648. The molecular weight excluding hydrogens is 256 g/mol. The highest BCUT2D eigenvalue weighted by molar-refractivity contribution is 6.05. The maximum atomic E-state index is 12.5. The first-order valence-electron chi connectivity index (χ1n) is 6.50. The van der Waals surface area contributed by atoms with Gasteiger partial charge in [0.1, 0.15) is 11.5 Å². The van der Waals surface area contributed by atoms with Gasteiger partial charge in [-0.15, -0.1) is 0 Å². The maximum Gasteiger partial charge on any atom is 0.293 e. The molecule has 0 saturated heterocycles. The Labute approximate surface area is 116 Å². The average molecular weight is 272 g/mol. The zero-order chi connectivity index (χ0) is 14.1. The molecule has 104 valence electrons. The average Bonchev–Trinajstić information content (AvgIpc) is 3.12. The van der Waals surface area contributed by atoms with E-state index in [1.54, 1.807) is 24.1 Å². The van der Waals surface area contributed by atoms with Crippen LogP contribution in [0.25, 0.3) is 0 Å². The summed E-state index contributed by atoms with van der Waals surface area (Å²) in [4.78, 5) is 14.2. The molecule has 1 aliphatic heterocycles. The first kappa shape index (κ1) is 12.7. The van der Waals surface area contributed by atoms with Gasteiger partial charge in [0.25, 0.3) is 5.91 Å². The molecule has 5 heteroatoms. The first-order valence-corrected chi connectivity index (χ1v) is 6.50. The van der Waals surface area contributed by atoms with Crippen molar-refractivity contribution in [3.63, 3.8) is 0 Å². The maximum absolute atomic E-state index is 12.5. The molecule has 5 nitrogen and oxygen atoms in total. The fourth-order valence-corrected chi connectivity index (χ4v) is 2.45. The van der Waals surface area contributed by atoms with Crippen LogP contribution in [0.15, 0.2) is 34.7 Å². The van der Waals surface area contributed by atoms with E-state index >= 15 is 0 Å². The predicted octanol–water partition coefficient (Wildman–Crippen LogP) is 1.95. The highest BCUT2D eigenvalue weighted by atomic mass is 16.5. The van der Waals surface area contributed by atoms with Crippen LogP contribution in [-0.2, 0) is 13.0 Å². The summed E-state index contributed by atoms with van der Waals surface area (Å²) in [6, 6.07) is 9.14. The van der Waals surface area contributed by atoms with Gasteiger partial charge < -0.3 is 19.8 Å². The second-order valence-electron chi connectivity index (χ2n) is 4.67. The number of nitrogens with zero attached hydrogens (tertiary/aromatic N) is 1. The number of amides is 1. The Morgan fingerprint density at radius 2 is 2.25 bits per heavy atom. The fraction of sp³-hybridized carbons (Fsp3) is 0.267. The Balaban J connectivity index is 1.88. The lowest BCUT2D eigenvalue weighted by molar-refractivity contribution is 0.0961. The first-order chi connectivity index (χ1) is 9.72. The monoisotopic (exact) mass is 272 g/mol. The van der Waals surface area contributed by atoms with E-state index in [1.807, 2.05) is 18.2 Å². The summed E-state index contributed by atoms with van der Waals surface area (Å²) in [5, 5.41) is 0. The standard InChI is InChI=1S/C15H16N2O3/c1-19-11-2-4-13-10(8-11)6-7-17(13)15(18)14-5-3-12(9-16)20-14/h2-5,8H,6-7,9,16H2,1H3. The summed E-state index contributed by atoms with van der Waals surface area (Å²) in [5.74, 6) is 1.62. The van der Waals surface area contributed by atoms with Gasteiger partial charge in [0.15, 0.2) is 5.76 Å². The molecule has 0 radical (unpaired) electrons. The minimum atomic E-state index is -0.131. The molecule has 2 heterocycles. The molecule has 1 amide bonds. The zero-order valence-electron chi connectivity index (χ0n) is 11.3. The van der Waals surface area contributed by atoms with E-state index in [4.69, 9.17) is 14.9 Å². The lowest BCUT2D eigenvalue weighted by atomic mass is 10.1. The minimum Gasteiger partial charge on any atom is -0.497 e. The van der Waals surface area contributed by atoms with Crippen LogP contribution >= 0.6 is 0 Å². The van der Waals surface area contributed by atoms with Crippen LogP contribution in [0.5, 0.6) is 5.75 Å². The Kier molecular flexibility index (Phi) is 3.20. The summed E-state index contributed by atoms with van der Waals surface area (Å²) in [6.07, 6.45) is 0.822. The third-order valence-corrected chi connectivity index (χ3v) is 3.50. The summed E-state index contributed by atoms with van der Waals surface area (Å²) < 4.78 is 10.6. The molecule has 20 heavy (non-hydrogen) atoms. The number of carbonyl (C=O) groups excluding carboxylic acids is 1. The van der Waals surface area contributed by atoms with Crippen molar-refractivity contribution >= 4 is 11.6 Å². The number of carbonyl (C=O) groups is 1. The van der Waals surface area contributed by atoms with Crippen molar-refractivity contribution < 1.29 is 13.9 Å². The molecule has 0 aliphatic carbocycles. The van der Waals surface area contributed by atoms with Crippen molar-refractivity contribution in [1.29, 1.82) is 0 Å². The molecule has 0 spiro atoms. The summed E-state index contributed by atoms with van der Waals surface area (Å²) in [7, 11) is 1.64. The van der Waals surface area contributed by atoms with Gasteiger partial charge in [-0.25, -0.2) is 0 Å². The third-order valence-electron chi connectivity index (χ3n) is 3.50. The second kappa shape index (κ2) is 5.02. The van der Waals surface area contributed by atoms with Crippen molar-refractivity contribution in [2.24, 2.45) is 5.73 Å². The molecule has 0 fully saturated rings. The molecular formula is C15H16N2O3. The van der Waals surface area contributed by atoms with Crippen molar-refractivity contribution in [2.45, 2.75) is 13.0 Å². The van der Waals surface area contributed by atoms with Crippen molar-refractivity contribution in [3.05, 3.63) is 47.4 Å². The molecule has 1 aliphatic rings. The number of anilines is 1. The SMILES string of the molecule is COc1ccc2c(c1)CCN2C(=O)c1ccc(CN)o1. The fourth-order valence-electron chi connectivity index (χ4n) is 2.45. The van der Waals surface area contributed by atoms with Crippen molar-refractivity contribution in [2.75, 3.05) is 18.6 Å². The molecule has 0 unspecified atom stereocenters. The lowest BCUT2D eigenvalue weighted by Gasteiger charge is -2.16. The van der Waals surface area contributed by atoms with E-state index in [0.717, 1.165) is 23.4 Å². The number of ether oxygens (including phenoxy) is 1. The largest absolute Gasteiger partial charge is 0.497 e. The van der Waals surface area contributed by atoms with Crippen molar-refractivity contribution in [3.8, 4) is 5.75 Å². The molecule has 3 rings (SSSR count). The quantitative estimate of drug-likeness (QED) is 0.927. The zero-order valence-corrected chi connectivity index (χ0v) is 11.3. The molecule has 2 aromatic rings. The Morgan fingerprint density at radius 3 is 2.95 bits per heavy atom. The molecule has 1 aromatic carbocycles. The summed E-state index contributed by atoms with van der Waals surface area (Å²) >= 11 is 0. The summed E-state index contributed by atoms with van der Waals surface area (Å²) in [5.41, 5.74) is 7.52. The number of methoxy groups -OCH3 is 1. The second-order valence-corrected chi connectivity index (χ2v) is 4.67. The molecule has 2 N–H and O–H groups in total. The van der Waals surface area contributed by atoms with Crippen LogP contribution in [0.2, 0.25) is 0 Å². The van der Waals surface area contributed by atoms with Gasteiger partial charge in [-0.05, 0) is 42.3 Å². The van der Waals surface area contributed by atoms with E-state index < -0.39 is 0 Å². The highest BCUT2D eigenvalue weighted by Crippen LogP contribution is 2.32. The smallest absolute Gasteiger partial charge is 0.293 e. The molecule has 0 bridgehead atoms. The predicted molar refractivity (Wildman–Crippen MR) is 75.0 cm³/mol. The number of hydrogen-bond acceptors (Lipinski definition) is 4. The van der Waals surface area contributed by atoms with Gasteiger partial charge in [-0.3, -0.25) is 4.79 Å². The van der Waals surface area contributed by atoms with E-state index in [2.05, 4.69) is 0 Å². The highest BCUT2D eigenvalue weighted by Gasteiger charge is 2.27. The normalized spacial score (nSPS) is 13.4. The van der Waals surface area contributed by atoms with E-state index in [-0.39, 0.29) is 5.91 Å². The lowest BCUT2D eigenvalue weighted by Crippen LogP contribution is -2.28. The number of nitrogens with two attached hydrogens (primary N) is 1. The van der Waals surface area contributed by atoms with Crippen molar-refractivity contribution in [1.82, 2.24) is 0 Å². The van der Waals surface area contributed by atoms with Gasteiger partial charge in [0.05, 0.1) is 13.7 Å². The van der Waals surface area contributed by atoms with Gasteiger partial charge in [0, 0.05) is 12.2 Å². The van der Waals surface area contributed by atoms with E-state index in [9.17, 15) is 4.79 Å². The minimum absolute atomic E-state index is 0.131. The molecule has 1 aromatic heterocycles. The topological polar surface area (TPSA) is 68.7 Å². The van der Waals surface area contributed by atoms with Crippen LogP contribution in [-0.4, -0.2) is 19.6 Å². The van der Waals surface area contributed by atoms with E-state index in [1.165, 1.54) is 0 Å². The molecule has 0 saturated carbocycles. The summed E-state index contributed by atoms with van der Waals surface area (Å²) in [6.45, 7) is 0.945. The number of rotatable bonds is 3. The number of benzene rings is 1. The van der Waals surface area contributed by atoms with Crippen LogP contribution in [0.4, 0.5) is 5.69 Å². The number of fused-ring (bicyclic) bond motifs is 1. The number of furan rings is 1. The van der Waals surface area contributed by atoms with Crippen LogP contribution in [0.1, 0.15) is 21.9 Å². The third kappa shape index (κ3) is 2.06. The van der Waals surface area contributed by atoms with Crippen LogP contribution in [0, 0.1) is 0 Å². The van der Waals surface area contributed by atoms with Gasteiger partial charge >= 0.3 is 0 Å². The van der Waals surface area contributed by atoms with Gasteiger partial charge in [-0.1, -0.05) is 0 Å². The number of hydrogen-bond donors (Lipinski definition) is 1. The molecule has 0 atom stereocenters. The van der Waals surface area contributed by atoms with Crippen LogP contribution in [0.3, 0.4) is 0 Å². The van der Waals surface area contributed by atoms with Crippen LogP contribution < -0.4 is 15.4 Å².